The smallest absolute Gasteiger partial charge is 0.446 e. The molecular weight excluding hydrogens is 239 g/mol. The van der Waals surface area contributed by atoms with Crippen molar-refractivity contribution in [2.24, 2.45) is 5.73 Å². The molecule has 0 aromatic heterocycles. The molecule has 0 amide bonds. The van der Waals surface area contributed by atoms with Gasteiger partial charge >= 0.3 is 5.51 Å². The van der Waals surface area contributed by atoms with Crippen LogP contribution in [0.25, 0.3) is 0 Å². The molecule has 2 rings (SSSR count). The summed E-state index contributed by atoms with van der Waals surface area (Å²) in [5.41, 5.74) is 2.16. The minimum Gasteiger partial charge on any atom is -0.492 e. The van der Waals surface area contributed by atoms with Gasteiger partial charge < -0.3 is 10.5 Å². The molecule has 0 spiro atoms. The van der Waals surface area contributed by atoms with Crippen LogP contribution in [0.4, 0.5) is 13.2 Å². The molecule has 1 aromatic rings. The molecule has 0 saturated heterocycles. The molecule has 0 fully saturated rings. The third-order valence-electron chi connectivity index (χ3n) is 2.31. The quantitative estimate of drug-likeness (QED) is 0.777. The van der Waals surface area contributed by atoms with E-state index in [4.69, 9.17) is 10.5 Å². The molecule has 1 unspecified atom stereocenters. The Morgan fingerprint density at radius 2 is 2.12 bits per heavy atom. The van der Waals surface area contributed by atoms with Crippen LogP contribution in [0, 0.1) is 0 Å². The molecule has 16 heavy (non-hydrogen) atoms. The summed E-state index contributed by atoms with van der Waals surface area (Å²) in [7, 11) is 0. The van der Waals surface area contributed by atoms with E-state index in [1.807, 2.05) is 0 Å². The normalized spacial score (nSPS) is 20.1. The number of rotatable bonds is 1. The number of alkyl halides is 3. The number of ether oxygens (including phenoxy) is 1. The molecule has 1 aliphatic heterocycles. The van der Waals surface area contributed by atoms with Gasteiger partial charge in [0.15, 0.2) is 0 Å². The molecule has 6 heteroatoms. The fourth-order valence-electron chi connectivity index (χ4n) is 1.63. The molecule has 1 heterocycles. The van der Waals surface area contributed by atoms with Gasteiger partial charge in [-0.1, -0.05) is 12.1 Å². The molecule has 0 bridgehead atoms. The standard InChI is InChI=1S/C10H10F3NOS/c11-10(12,13)16-8-3-1-2-6-7(14)4-5-15-9(6)8/h1-3,7H,4-5,14H2. The Hall–Kier alpha value is -0.880. The van der Waals surface area contributed by atoms with Gasteiger partial charge in [0.1, 0.15) is 5.75 Å². The average Bonchev–Trinajstić information content (AvgIpc) is 2.17. The summed E-state index contributed by atoms with van der Waals surface area (Å²) in [5.74, 6) is 0.281. The largest absolute Gasteiger partial charge is 0.492 e. The number of thioether (sulfide) groups is 1. The molecule has 0 saturated carbocycles. The van der Waals surface area contributed by atoms with Crippen molar-refractivity contribution in [1.82, 2.24) is 0 Å². The van der Waals surface area contributed by atoms with E-state index in [2.05, 4.69) is 0 Å². The molecule has 2 nitrogen and oxygen atoms in total. The van der Waals surface area contributed by atoms with Crippen LogP contribution in [0.5, 0.6) is 5.75 Å². The first-order valence-corrected chi connectivity index (χ1v) is 5.56. The Balaban J connectivity index is 2.36. The topological polar surface area (TPSA) is 35.2 Å². The maximum atomic E-state index is 12.3. The maximum Gasteiger partial charge on any atom is 0.446 e. The molecular formula is C10H10F3NOS. The van der Waals surface area contributed by atoms with Crippen molar-refractivity contribution >= 4 is 11.8 Å². The van der Waals surface area contributed by atoms with Crippen molar-refractivity contribution in [1.29, 1.82) is 0 Å². The van der Waals surface area contributed by atoms with Crippen LogP contribution in [0.1, 0.15) is 18.0 Å². The highest BCUT2D eigenvalue weighted by atomic mass is 32.2. The zero-order valence-electron chi connectivity index (χ0n) is 8.25. The van der Waals surface area contributed by atoms with Gasteiger partial charge in [0.05, 0.1) is 11.5 Å². The summed E-state index contributed by atoms with van der Waals surface area (Å²) < 4.78 is 42.1. The SMILES string of the molecule is NC1CCOc2c(SC(F)(F)F)cccc21. The van der Waals surface area contributed by atoms with E-state index in [1.165, 1.54) is 6.07 Å². The highest BCUT2D eigenvalue weighted by molar-refractivity contribution is 8.00. The number of para-hydroxylation sites is 1. The monoisotopic (exact) mass is 249 g/mol. The van der Waals surface area contributed by atoms with E-state index in [-0.39, 0.29) is 28.4 Å². The van der Waals surface area contributed by atoms with Crippen molar-refractivity contribution < 1.29 is 17.9 Å². The lowest BCUT2D eigenvalue weighted by molar-refractivity contribution is -0.0329. The van der Waals surface area contributed by atoms with Crippen molar-refractivity contribution in [2.45, 2.75) is 22.9 Å². The predicted octanol–water partition coefficient (Wildman–Crippen LogP) is 3.08. The highest BCUT2D eigenvalue weighted by Crippen LogP contribution is 2.45. The molecule has 1 aliphatic rings. The Kier molecular flexibility index (Phi) is 3.03. The zero-order valence-corrected chi connectivity index (χ0v) is 9.07. The summed E-state index contributed by atoms with van der Waals surface area (Å²) in [4.78, 5) is 0.0835. The van der Waals surface area contributed by atoms with E-state index in [0.29, 0.717) is 18.6 Å². The third kappa shape index (κ3) is 2.44. The second-order valence-corrected chi connectivity index (χ2v) is 4.57. The Bertz CT molecular complexity index is 394. The first-order valence-electron chi connectivity index (χ1n) is 4.74. The third-order valence-corrected chi connectivity index (χ3v) is 3.08. The molecule has 0 radical (unpaired) electrons. The van der Waals surface area contributed by atoms with Crippen LogP contribution >= 0.6 is 11.8 Å². The molecule has 0 aliphatic carbocycles. The molecule has 88 valence electrons. The molecule has 2 N–H and O–H groups in total. The minimum atomic E-state index is -4.31. The van der Waals surface area contributed by atoms with E-state index < -0.39 is 5.51 Å². The fourth-order valence-corrected chi connectivity index (χ4v) is 2.29. The summed E-state index contributed by atoms with van der Waals surface area (Å²) in [6.07, 6.45) is 0.632. The van der Waals surface area contributed by atoms with Gasteiger partial charge in [0.2, 0.25) is 0 Å². The number of hydrogen-bond donors (Lipinski definition) is 1. The summed E-state index contributed by atoms with van der Waals surface area (Å²) in [6, 6.07) is 4.44. The Morgan fingerprint density at radius 3 is 2.81 bits per heavy atom. The Labute approximate surface area is 95.0 Å². The Morgan fingerprint density at radius 1 is 1.38 bits per heavy atom. The zero-order chi connectivity index (χ0) is 11.8. The van der Waals surface area contributed by atoms with Crippen molar-refractivity contribution in [3.05, 3.63) is 23.8 Å². The lowest BCUT2D eigenvalue weighted by Gasteiger charge is -2.24. The number of nitrogens with two attached hydrogens (primary N) is 1. The van der Waals surface area contributed by atoms with Crippen LogP contribution in [-0.4, -0.2) is 12.1 Å². The van der Waals surface area contributed by atoms with Gasteiger partial charge in [-0.2, -0.15) is 13.2 Å². The molecule has 1 aromatic carbocycles. The van der Waals surface area contributed by atoms with Gasteiger partial charge in [-0.05, 0) is 17.8 Å². The van der Waals surface area contributed by atoms with Gasteiger partial charge in [-0.3, -0.25) is 0 Å². The highest BCUT2D eigenvalue weighted by Gasteiger charge is 2.32. The fraction of sp³-hybridized carbons (Fsp3) is 0.400. The first kappa shape index (κ1) is 11.6. The van der Waals surface area contributed by atoms with Crippen molar-refractivity contribution in [3.8, 4) is 5.75 Å². The van der Waals surface area contributed by atoms with Gasteiger partial charge in [0.25, 0.3) is 0 Å². The summed E-state index contributed by atoms with van der Waals surface area (Å²) in [6.45, 7) is 0.365. The van der Waals surface area contributed by atoms with Crippen molar-refractivity contribution in [3.63, 3.8) is 0 Å². The van der Waals surface area contributed by atoms with Gasteiger partial charge in [0, 0.05) is 18.0 Å². The van der Waals surface area contributed by atoms with Crippen LogP contribution in [0.3, 0.4) is 0 Å². The average molecular weight is 249 g/mol. The second kappa shape index (κ2) is 4.18. The van der Waals surface area contributed by atoms with Gasteiger partial charge in [-0.15, -0.1) is 0 Å². The summed E-state index contributed by atoms with van der Waals surface area (Å²) >= 11 is -0.163. The minimum absolute atomic E-state index is 0.0835. The van der Waals surface area contributed by atoms with Crippen LogP contribution < -0.4 is 10.5 Å². The number of halogens is 3. The second-order valence-electron chi connectivity index (χ2n) is 3.47. The summed E-state index contributed by atoms with van der Waals surface area (Å²) in [5, 5.41) is 0. The molecule has 1 atom stereocenters. The van der Waals surface area contributed by atoms with E-state index in [9.17, 15) is 13.2 Å². The van der Waals surface area contributed by atoms with E-state index in [0.717, 1.165) is 0 Å². The first-order chi connectivity index (χ1) is 7.47. The van der Waals surface area contributed by atoms with Gasteiger partial charge in [-0.25, -0.2) is 0 Å². The predicted molar refractivity (Wildman–Crippen MR) is 55.4 cm³/mol. The lowest BCUT2D eigenvalue weighted by atomic mass is 10.0. The van der Waals surface area contributed by atoms with E-state index >= 15 is 0 Å². The number of fused-ring (bicyclic) bond motifs is 1. The number of hydrogen-bond acceptors (Lipinski definition) is 3. The van der Waals surface area contributed by atoms with Crippen LogP contribution in [0.15, 0.2) is 23.1 Å². The lowest BCUT2D eigenvalue weighted by Crippen LogP contribution is -2.21. The van der Waals surface area contributed by atoms with Crippen LogP contribution in [-0.2, 0) is 0 Å². The maximum absolute atomic E-state index is 12.3. The van der Waals surface area contributed by atoms with Crippen molar-refractivity contribution in [2.75, 3.05) is 6.61 Å². The van der Waals surface area contributed by atoms with Crippen LogP contribution in [0.2, 0.25) is 0 Å². The number of benzene rings is 1. The van der Waals surface area contributed by atoms with E-state index in [1.54, 1.807) is 12.1 Å².